The van der Waals surface area contributed by atoms with Gasteiger partial charge in [-0.15, -0.1) is 0 Å². The number of halogens is 1. The van der Waals surface area contributed by atoms with Gasteiger partial charge in [0.15, 0.2) is 5.13 Å². The number of rotatable bonds is 3. The van der Waals surface area contributed by atoms with E-state index in [0.29, 0.717) is 15.0 Å². The molecule has 0 fully saturated rings. The first-order valence-electron chi connectivity index (χ1n) is 7.70. The average molecular weight is 368 g/mol. The highest BCUT2D eigenvalue weighted by Gasteiger charge is 2.19. The number of aliphatic imine (C=N–C) groups is 1. The maximum atomic E-state index is 10.2. The Morgan fingerprint density at radius 3 is 2.72 bits per heavy atom. The molecular formula is C19H14ClN3OS. The Labute approximate surface area is 154 Å². The molecule has 124 valence electrons. The zero-order chi connectivity index (χ0) is 17.4. The second kappa shape index (κ2) is 6.35. The number of hydrogen-bond acceptors (Lipinski definition) is 5. The lowest BCUT2D eigenvalue weighted by Gasteiger charge is -2.03. The molecule has 2 heterocycles. The van der Waals surface area contributed by atoms with Crippen LogP contribution in [0.25, 0.3) is 11.6 Å². The summed E-state index contributed by atoms with van der Waals surface area (Å²) in [5.74, 6) is -0.00997. The predicted molar refractivity (Wildman–Crippen MR) is 106 cm³/mol. The topological polar surface area (TPSA) is 57.5 Å². The minimum Gasteiger partial charge on any atom is -0.492 e. The molecule has 0 spiro atoms. The monoisotopic (exact) mass is 367 g/mol. The molecule has 0 unspecified atom stereocenters. The van der Waals surface area contributed by atoms with Crippen LogP contribution in [0.5, 0.6) is 5.88 Å². The summed E-state index contributed by atoms with van der Waals surface area (Å²) < 4.78 is 0. The summed E-state index contributed by atoms with van der Waals surface area (Å²) in [5, 5.41) is 14.5. The van der Waals surface area contributed by atoms with Crippen molar-refractivity contribution in [3.63, 3.8) is 0 Å². The highest BCUT2D eigenvalue weighted by atomic mass is 35.5. The highest BCUT2D eigenvalue weighted by molar-refractivity contribution is 7.16. The van der Waals surface area contributed by atoms with Crippen LogP contribution in [-0.2, 0) is 0 Å². The fraction of sp³-hybridized carbons (Fsp3) is 0.0526. The van der Waals surface area contributed by atoms with Gasteiger partial charge < -0.3 is 10.4 Å². The van der Waals surface area contributed by atoms with Crippen LogP contribution in [0, 0.1) is 0 Å². The number of fused-ring (bicyclic) bond motifs is 1. The molecule has 1 aromatic heterocycles. The van der Waals surface area contributed by atoms with Gasteiger partial charge >= 0.3 is 0 Å². The highest BCUT2D eigenvalue weighted by Crippen LogP contribution is 2.39. The smallest absolute Gasteiger partial charge is 0.231 e. The standard InChI is InChI=1S/C19H14ClN3OS/c1-11-13(12-6-2-4-8-15(12)21-11)10-17-18(24)23-19(25-17)22-16-9-5-3-7-14(16)20/h2-10,24H,1H3,(H,22,23)/b13-10+. The third-order valence-electron chi connectivity index (χ3n) is 3.90. The first-order valence-corrected chi connectivity index (χ1v) is 8.89. The third-order valence-corrected chi connectivity index (χ3v) is 5.13. The molecule has 3 aromatic rings. The average Bonchev–Trinajstić information content (AvgIpc) is 3.10. The van der Waals surface area contributed by atoms with Crippen LogP contribution in [0.2, 0.25) is 5.02 Å². The van der Waals surface area contributed by atoms with Crippen LogP contribution in [0.1, 0.15) is 17.4 Å². The van der Waals surface area contributed by atoms with Crippen LogP contribution < -0.4 is 5.32 Å². The number of aromatic hydroxyl groups is 1. The van der Waals surface area contributed by atoms with E-state index in [1.807, 2.05) is 55.5 Å². The lowest BCUT2D eigenvalue weighted by Crippen LogP contribution is -1.89. The van der Waals surface area contributed by atoms with Crippen LogP contribution in [0.3, 0.4) is 0 Å². The number of anilines is 2. The Morgan fingerprint density at radius 1 is 1.12 bits per heavy atom. The van der Waals surface area contributed by atoms with Crippen molar-refractivity contribution in [1.82, 2.24) is 4.98 Å². The summed E-state index contributed by atoms with van der Waals surface area (Å²) in [4.78, 5) is 9.43. The van der Waals surface area contributed by atoms with E-state index in [1.54, 1.807) is 6.07 Å². The molecule has 0 aliphatic carbocycles. The van der Waals surface area contributed by atoms with Gasteiger partial charge in [-0.2, -0.15) is 4.98 Å². The first-order chi connectivity index (χ1) is 12.1. The first kappa shape index (κ1) is 15.9. The zero-order valence-corrected chi connectivity index (χ0v) is 14.9. The molecule has 0 bridgehead atoms. The summed E-state index contributed by atoms with van der Waals surface area (Å²) in [6, 6.07) is 15.4. The summed E-state index contributed by atoms with van der Waals surface area (Å²) in [6.07, 6.45) is 1.93. The second-order valence-corrected chi connectivity index (χ2v) is 7.02. The van der Waals surface area contributed by atoms with E-state index in [2.05, 4.69) is 15.3 Å². The molecule has 0 saturated heterocycles. The van der Waals surface area contributed by atoms with Gasteiger partial charge in [-0.1, -0.05) is 53.3 Å². The molecule has 0 amide bonds. The minimum atomic E-state index is -0.00997. The molecule has 4 nitrogen and oxygen atoms in total. The number of aromatic nitrogens is 1. The molecule has 2 N–H and O–H groups in total. The maximum absolute atomic E-state index is 10.2. The third kappa shape index (κ3) is 3.04. The molecule has 2 aromatic carbocycles. The Balaban J connectivity index is 1.68. The van der Waals surface area contributed by atoms with E-state index in [9.17, 15) is 5.11 Å². The van der Waals surface area contributed by atoms with E-state index in [-0.39, 0.29) is 5.88 Å². The van der Waals surface area contributed by atoms with Crippen LogP contribution in [-0.4, -0.2) is 15.8 Å². The van der Waals surface area contributed by atoms with Crippen molar-refractivity contribution in [3.05, 3.63) is 64.0 Å². The molecule has 4 rings (SSSR count). The molecule has 6 heteroatoms. The Morgan fingerprint density at radius 2 is 1.88 bits per heavy atom. The molecular weight excluding hydrogens is 354 g/mol. The number of nitrogens with zero attached hydrogens (tertiary/aromatic N) is 2. The molecule has 1 aliphatic heterocycles. The zero-order valence-electron chi connectivity index (χ0n) is 13.3. The predicted octanol–water partition coefficient (Wildman–Crippen LogP) is 5.89. The fourth-order valence-electron chi connectivity index (χ4n) is 2.70. The van der Waals surface area contributed by atoms with Gasteiger partial charge in [-0.25, -0.2) is 0 Å². The lowest BCUT2D eigenvalue weighted by atomic mass is 10.0. The molecule has 0 radical (unpaired) electrons. The quantitative estimate of drug-likeness (QED) is 0.606. The van der Waals surface area contributed by atoms with Crippen molar-refractivity contribution in [2.24, 2.45) is 4.99 Å². The van der Waals surface area contributed by atoms with Gasteiger partial charge in [-0.05, 0) is 31.2 Å². The van der Waals surface area contributed by atoms with Crippen molar-refractivity contribution in [2.75, 3.05) is 5.32 Å². The maximum Gasteiger partial charge on any atom is 0.231 e. The minimum absolute atomic E-state index is 0.00997. The van der Waals surface area contributed by atoms with E-state index in [1.165, 1.54) is 11.3 Å². The van der Waals surface area contributed by atoms with E-state index >= 15 is 0 Å². The molecule has 0 saturated carbocycles. The number of benzene rings is 2. The molecule has 0 atom stereocenters. The largest absolute Gasteiger partial charge is 0.492 e. The SMILES string of the molecule is CC1=Nc2ccccc2/C1=C/c1sc(Nc2ccccc2Cl)nc1O. The molecule has 1 aliphatic rings. The van der Waals surface area contributed by atoms with Gasteiger partial charge in [0.1, 0.15) is 0 Å². The molecule has 25 heavy (non-hydrogen) atoms. The lowest BCUT2D eigenvalue weighted by molar-refractivity contribution is 0.457. The van der Waals surface area contributed by atoms with Crippen molar-refractivity contribution >= 4 is 56.8 Å². The van der Waals surface area contributed by atoms with Crippen LogP contribution in [0.4, 0.5) is 16.5 Å². The Kier molecular flexibility index (Phi) is 4.03. The second-order valence-electron chi connectivity index (χ2n) is 5.58. The van der Waals surface area contributed by atoms with Crippen molar-refractivity contribution in [1.29, 1.82) is 0 Å². The van der Waals surface area contributed by atoms with E-state index in [4.69, 9.17) is 11.6 Å². The van der Waals surface area contributed by atoms with E-state index in [0.717, 1.165) is 28.2 Å². The van der Waals surface area contributed by atoms with Gasteiger partial charge in [-0.3, -0.25) is 4.99 Å². The van der Waals surface area contributed by atoms with Gasteiger partial charge in [0, 0.05) is 16.8 Å². The Bertz CT molecular complexity index is 1020. The van der Waals surface area contributed by atoms with Crippen LogP contribution >= 0.6 is 22.9 Å². The van der Waals surface area contributed by atoms with Gasteiger partial charge in [0.05, 0.1) is 21.3 Å². The summed E-state index contributed by atoms with van der Waals surface area (Å²) >= 11 is 7.52. The van der Waals surface area contributed by atoms with Crippen molar-refractivity contribution in [3.8, 4) is 5.88 Å². The summed E-state index contributed by atoms with van der Waals surface area (Å²) in [6.45, 7) is 1.97. The summed E-state index contributed by atoms with van der Waals surface area (Å²) in [5.41, 5.74) is 4.69. The normalized spacial score (nSPS) is 14.5. The van der Waals surface area contributed by atoms with Gasteiger partial charge in [0.2, 0.25) is 5.88 Å². The van der Waals surface area contributed by atoms with Crippen LogP contribution in [0.15, 0.2) is 53.5 Å². The number of para-hydroxylation sites is 2. The van der Waals surface area contributed by atoms with E-state index < -0.39 is 0 Å². The van der Waals surface area contributed by atoms with Crippen molar-refractivity contribution < 1.29 is 5.11 Å². The number of nitrogens with one attached hydrogen (secondary N) is 1. The fourth-order valence-corrected chi connectivity index (χ4v) is 3.70. The Hall–Kier alpha value is -2.63. The number of thiazole rings is 1. The summed E-state index contributed by atoms with van der Waals surface area (Å²) in [7, 11) is 0. The van der Waals surface area contributed by atoms with Gasteiger partial charge in [0.25, 0.3) is 0 Å². The number of hydrogen-bond donors (Lipinski definition) is 2. The number of allylic oxidation sites excluding steroid dienone is 1. The van der Waals surface area contributed by atoms with Crippen molar-refractivity contribution in [2.45, 2.75) is 6.92 Å².